The largest absolute Gasteiger partial charge is 0.394 e. The molecule has 7 rings (SSSR count). The minimum Gasteiger partial charge on any atom is -0.394 e. The summed E-state index contributed by atoms with van der Waals surface area (Å²) >= 11 is 0. The Morgan fingerprint density at radius 3 is 2.47 bits per heavy atom. The molecule has 9 heteroatoms. The van der Waals surface area contributed by atoms with Gasteiger partial charge in [0.05, 0.1) is 19.3 Å². The maximum atomic E-state index is 14.0. The van der Waals surface area contributed by atoms with Gasteiger partial charge in [0.1, 0.15) is 12.1 Å². The Labute approximate surface area is 267 Å². The van der Waals surface area contributed by atoms with E-state index in [-0.39, 0.29) is 30.5 Å². The van der Waals surface area contributed by atoms with Gasteiger partial charge in [-0.05, 0) is 97.8 Å². The number of likely N-dealkylation sites (tertiary alicyclic amines) is 1. The third-order valence-electron chi connectivity index (χ3n) is 11.5. The number of benzene rings is 2. The van der Waals surface area contributed by atoms with Crippen LogP contribution in [0.2, 0.25) is 0 Å². The molecule has 1 unspecified atom stereocenters. The second-order valence-corrected chi connectivity index (χ2v) is 14.7. The highest BCUT2D eigenvalue weighted by molar-refractivity contribution is 5.95. The Bertz CT molecular complexity index is 1380. The topological polar surface area (TPSA) is 114 Å². The number of likely N-dealkylation sites (N-methyl/N-ethyl adjacent to an activating group) is 1. The lowest BCUT2D eigenvalue weighted by molar-refractivity contribution is -0.183. The Morgan fingerprint density at radius 2 is 1.84 bits per heavy atom. The third kappa shape index (κ3) is 6.30. The summed E-state index contributed by atoms with van der Waals surface area (Å²) < 4.78 is 0. The number of fused-ring (bicyclic) bond motifs is 2. The number of hydrogen-bond acceptors (Lipinski definition) is 7. The second-order valence-electron chi connectivity index (χ2n) is 14.7. The molecule has 2 saturated heterocycles. The molecule has 244 valence electrons. The van der Waals surface area contributed by atoms with E-state index in [1.165, 1.54) is 6.42 Å². The number of rotatable bonds is 9. The fourth-order valence-corrected chi connectivity index (χ4v) is 8.65. The Kier molecular flexibility index (Phi) is 9.11. The SMILES string of the molecule is C[C@H](O)[C@@H]1[C@H](CO)ON(Cc2cccc(-c3ccc(C(=O)N[C@H]4CCN(C)C4)cc3)c2)[C@@H]1C(=O)NC1C[C@H]2C[C@@H]([C@@H]1C)C2(C)C. The number of carbonyl (C=O) groups excluding carboxylic acids is 2. The minimum absolute atomic E-state index is 0.0550. The van der Waals surface area contributed by atoms with Crippen LogP contribution in [0.4, 0.5) is 0 Å². The van der Waals surface area contributed by atoms with Gasteiger partial charge in [-0.1, -0.05) is 51.1 Å². The van der Waals surface area contributed by atoms with E-state index in [0.717, 1.165) is 42.6 Å². The molecule has 3 aliphatic carbocycles. The van der Waals surface area contributed by atoms with Gasteiger partial charge in [0, 0.05) is 30.1 Å². The van der Waals surface area contributed by atoms with E-state index in [2.05, 4.69) is 49.4 Å². The maximum Gasteiger partial charge on any atom is 0.251 e. The van der Waals surface area contributed by atoms with Crippen LogP contribution < -0.4 is 10.6 Å². The van der Waals surface area contributed by atoms with E-state index in [1.807, 2.05) is 42.5 Å². The zero-order valence-corrected chi connectivity index (χ0v) is 27.3. The predicted molar refractivity (Wildman–Crippen MR) is 173 cm³/mol. The predicted octanol–water partition coefficient (Wildman–Crippen LogP) is 3.45. The average Bonchev–Trinajstić information content (AvgIpc) is 3.60. The molecule has 5 aliphatic rings. The van der Waals surface area contributed by atoms with Gasteiger partial charge >= 0.3 is 0 Å². The standard InChI is InChI=1S/C36H50N4O5/c1-21-29-16-27(36(29,3)4)17-30(21)38-35(44)33-32(22(2)42)31(20-41)45-40(33)18-23-7-6-8-26(15-23)24-9-11-25(12-10-24)34(43)37-28-13-14-39(5)19-28/h6-12,15,21-22,27-33,41-42H,13-14,16-20H2,1-5H3,(H,37,43)(H,38,44)/t21-,22-,27+,28-,29-,30?,31-,32+,33-/m0/s1. The minimum atomic E-state index is -0.837. The van der Waals surface area contributed by atoms with E-state index >= 15 is 0 Å². The van der Waals surface area contributed by atoms with E-state index in [4.69, 9.17) is 4.84 Å². The molecule has 9 atom stereocenters. The van der Waals surface area contributed by atoms with E-state index < -0.39 is 24.2 Å². The van der Waals surface area contributed by atoms with Crippen molar-refractivity contribution in [2.24, 2.45) is 29.1 Å². The van der Waals surface area contributed by atoms with Gasteiger partial charge in [-0.25, -0.2) is 0 Å². The number of nitrogens with one attached hydrogen (secondary N) is 2. The normalized spacial score (nSPS) is 33.4. The van der Waals surface area contributed by atoms with Crippen LogP contribution in [-0.2, 0) is 16.2 Å². The molecule has 3 saturated carbocycles. The fraction of sp³-hybridized carbons (Fsp3) is 0.611. The smallest absolute Gasteiger partial charge is 0.251 e. The summed E-state index contributed by atoms with van der Waals surface area (Å²) in [5, 5.41) is 29.0. The zero-order valence-electron chi connectivity index (χ0n) is 27.3. The van der Waals surface area contributed by atoms with Gasteiger partial charge in [0.2, 0.25) is 5.91 Å². The van der Waals surface area contributed by atoms with Crippen LogP contribution in [0.1, 0.15) is 62.9 Å². The molecule has 0 spiro atoms. The quantitative estimate of drug-likeness (QED) is 0.341. The van der Waals surface area contributed by atoms with Crippen LogP contribution in [0.5, 0.6) is 0 Å². The first-order valence-electron chi connectivity index (χ1n) is 16.7. The monoisotopic (exact) mass is 618 g/mol. The van der Waals surface area contributed by atoms with E-state index in [1.54, 1.807) is 12.0 Å². The molecule has 9 nitrogen and oxygen atoms in total. The summed E-state index contributed by atoms with van der Waals surface area (Å²) in [5.74, 6) is 0.810. The molecule has 0 radical (unpaired) electrons. The van der Waals surface area contributed by atoms with Crippen LogP contribution in [0.25, 0.3) is 11.1 Å². The highest BCUT2D eigenvalue weighted by Crippen LogP contribution is 2.61. The fourth-order valence-electron chi connectivity index (χ4n) is 8.65. The molecule has 5 fully saturated rings. The highest BCUT2D eigenvalue weighted by atomic mass is 16.7. The molecule has 2 amide bonds. The van der Waals surface area contributed by atoms with Crippen molar-refractivity contribution in [3.8, 4) is 11.1 Å². The summed E-state index contributed by atoms with van der Waals surface area (Å²) in [6, 6.07) is 15.2. The van der Waals surface area contributed by atoms with Gasteiger partial charge in [-0.3, -0.25) is 14.4 Å². The molecule has 2 bridgehead atoms. The number of amides is 2. The lowest BCUT2D eigenvalue weighted by Gasteiger charge is -2.62. The van der Waals surface area contributed by atoms with E-state index in [0.29, 0.717) is 35.3 Å². The van der Waals surface area contributed by atoms with Crippen molar-refractivity contribution in [1.29, 1.82) is 0 Å². The van der Waals surface area contributed by atoms with Crippen molar-refractivity contribution >= 4 is 11.8 Å². The molecular formula is C36H50N4O5. The number of carbonyl (C=O) groups is 2. The van der Waals surface area contributed by atoms with Crippen molar-refractivity contribution < 1.29 is 24.6 Å². The zero-order chi connectivity index (χ0) is 32.0. The summed E-state index contributed by atoms with van der Waals surface area (Å²) in [5.41, 5.74) is 3.86. The molecule has 2 aliphatic heterocycles. The molecule has 4 N–H and O–H groups in total. The molecule has 45 heavy (non-hydrogen) atoms. The van der Waals surface area contributed by atoms with Crippen molar-refractivity contribution in [3.05, 3.63) is 59.7 Å². The van der Waals surface area contributed by atoms with Crippen LogP contribution in [0.3, 0.4) is 0 Å². The molecular weight excluding hydrogens is 568 g/mol. The Hall–Kier alpha value is -2.82. The summed E-state index contributed by atoms with van der Waals surface area (Å²) in [4.78, 5) is 35.1. The van der Waals surface area contributed by atoms with Crippen molar-refractivity contribution in [1.82, 2.24) is 20.6 Å². The van der Waals surface area contributed by atoms with Gasteiger partial charge in [-0.2, -0.15) is 5.06 Å². The maximum absolute atomic E-state index is 14.0. The van der Waals surface area contributed by atoms with Crippen LogP contribution in [-0.4, -0.2) is 89.1 Å². The highest BCUT2D eigenvalue weighted by Gasteiger charge is 2.57. The molecule has 2 aromatic carbocycles. The summed E-state index contributed by atoms with van der Waals surface area (Å²) in [7, 11) is 2.07. The molecule has 2 aromatic rings. The first-order valence-corrected chi connectivity index (χ1v) is 16.7. The molecule has 0 aromatic heterocycles. The Balaban J connectivity index is 1.15. The Morgan fingerprint density at radius 1 is 1.09 bits per heavy atom. The molecule has 2 heterocycles. The van der Waals surface area contributed by atoms with Crippen molar-refractivity contribution in [2.75, 3.05) is 26.7 Å². The van der Waals surface area contributed by atoms with Crippen LogP contribution in [0.15, 0.2) is 48.5 Å². The van der Waals surface area contributed by atoms with Crippen LogP contribution in [0, 0.1) is 29.1 Å². The van der Waals surface area contributed by atoms with Crippen molar-refractivity contribution in [3.63, 3.8) is 0 Å². The third-order valence-corrected chi connectivity index (χ3v) is 11.5. The van der Waals surface area contributed by atoms with Crippen molar-refractivity contribution in [2.45, 2.75) is 83.8 Å². The number of aliphatic hydroxyl groups excluding tert-OH is 2. The van der Waals surface area contributed by atoms with Gasteiger partial charge in [0.25, 0.3) is 5.91 Å². The lowest BCUT2D eigenvalue weighted by atomic mass is 9.45. The number of nitrogens with zero attached hydrogens (tertiary/aromatic N) is 2. The lowest BCUT2D eigenvalue weighted by Crippen LogP contribution is -2.62. The first kappa shape index (κ1) is 32.1. The number of hydroxylamine groups is 2. The number of aliphatic hydroxyl groups is 2. The van der Waals surface area contributed by atoms with E-state index in [9.17, 15) is 19.8 Å². The first-order chi connectivity index (χ1) is 21.5. The second kappa shape index (κ2) is 12.8. The number of hydrogen-bond donors (Lipinski definition) is 4. The summed E-state index contributed by atoms with van der Waals surface area (Å²) in [6.07, 6.45) is 1.64. The average molecular weight is 619 g/mol. The summed E-state index contributed by atoms with van der Waals surface area (Å²) in [6.45, 7) is 10.5. The van der Waals surface area contributed by atoms with Gasteiger partial charge in [-0.15, -0.1) is 0 Å². The van der Waals surface area contributed by atoms with Gasteiger partial charge < -0.3 is 25.7 Å². The van der Waals surface area contributed by atoms with Crippen LogP contribution >= 0.6 is 0 Å². The van der Waals surface area contributed by atoms with Gasteiger partial charge in [0.15, 0.2) is 0 Å².